The largest absolute Gasteiger partial charge is 0.393 e. The Hall–Kier alpha value is -0.480. The van der Waals surface area contributed by atoms with Gasteiger partial charge in [-0.05, 0) is 37.5 Å². The molecule has 0 aromatic rings. The first-order chi connectivity index (χ1) is 7.27. The lowest BCUT2D eigenvalue weighted by Crippen LogP contribution is -2.25. The highest BCUT2D eigenvalue weighted by molar-refractivity contribution is 4.84. The summed E-state index contributed by atoms with van der Waals surface area (Å²) in [5.41, 5.74) is 0. The molecule has 1 nitrogen and oxygen atoms in total. The van der Waals surface area contributed by atoms with Crippen LogP contribution >= 0.6 is 0 Å². The Morgan fingerprint density at radius 2 is 2.00 bits per heavy atom. The molecule has 86 valence electrons. The summed E-state index contributed by atoms with van der Waals surface area (Å²) in [5.74, 6) is 4.09. The molecule has 0 heterocycles. The van der Waals surface area contributed by atoms with Crippen LogP contribution < -0.4 is 0 Å². The van der Waals surface area contributed by atoms with Crippen molar-refractivity contribution in [2.75, 3.05) is 0 Å². The minimum Gasteiger partial charge on any atom is -0.393 e. The van der Waals surface area contributed by atoms with Crippen LogP contribution in [0.25, 0.3) is 0 Å². The fourth-order valence-electron chi connectivity index (χ4n) is 2.63. The zero-order valence-electron chi connectivity index (χ0n) is 9.91. The zero-order chi connectivity index (χ0) is 11.1. The van der Waals surface area contributed by atoms with Crippen molar-refractivity contribution >= 4 is 0 Å². The van der Waals surface area contributed by atoms with Gasteiger partial charge in [-0.2, -0.15) is 0 Å². The summed E-state index contributed by atoms with van der Waals surface area (Å²) in [5, 5.41) is 9.99. The Morgan fingerprint density at radius 3 is 2.53 bits per heavy atom. The minimum absolute atomic E-state index is 0.101. The number of hydrogen-bond acceptors (Lipinski definition) is 1. The normalized spacial score (nSPS) is 28.3. The predicted molar refractivity (Wildman–Crippen MR) is 64.4 cm³/mol. The second-order valence-electron chi connectivity index (χ2n) is 4.85. The summed E-state index contributed by atoms with van der Waals surface area (Å²) in [6, 6.07) is 0. The van der Waals surface area contributed by atoms with E-state index in [-0.39, 0.29) is 6.10 Å². The lowest BCUT2D eigenvalue weighted by atomic mass is 9.77. The van der Waals surface area contributed by atoms with Gasteiger partial charge in [-0.25, -0.2) is 0 Å². The third-order valence-corrected chi connectivity index (χ3v) is 3.83. The van der Waals surface area contributed by atoms with E-state index in [4.69, 9.17) is 6.42 Å². The SMILES string of the molecule is C#CCCCC(O)C1CCC(CC)CC1. The van der Waals surface area contributed by atoms with Crippen LogP contribution in [0.2, 0.25) is 0 Å². The molecule has 1 unspecified atom stereocenters. The molecule has 1 rings (SSSR count). The maximum atomic E-state index is 9.99. The van der Waals surface area contributed by atoms with Crippen LogP contribution in [0, 0.1) is 24.2 Å². The first-order valence-electron chi connectivity index (χ1n) is 6.39. The van der Waals surface area contributed by atoms with E-state index in [2.05, 4.69) is 12.8 Å². The summed E-state index contributed by atoms with van der Waals surface area (Å²) >= 11 is 0. The van der Waals surface area contributed by atoms with Gasteiger partial charge in [0.05, 0.1) is 6.10 Å². The molecular formula is C14H24O. The molecule has 0 aromatic carbocycles. The van der Waals surface area contributed by atoms with Crippen LogP contribution in [0.3, 0.4) is 0 Å². The molecule has 15 heavy (non-hydrogen) atoms. The second-order valence-corrected chi connectivity index (χ2v) is 4.85. The molecule has 1 fully saturated rings. The van der Waals surface area contributed by atoms with Crippen LogP contribution in [0.1, 0.15) is 58.3 Å². The fourth-order valence-corrected chi connectivity index (χ4v) is 2.63. The summed E-state index contributed by atoms with van der Waals surface area (Å²) in [7, 11) is 0. The summed E-state index contributed by atoms with van der Waals surface area (Å²) in [6.07, 6.45) is 14.1. The fraction of sp³-hybridized carbons (Fsp3) is 0.857. The van der Waals surface area contributed by atoms with Crippen molar-refractivity contribution in [2.24, 2.45) is 11.8 Å². The average Bonchev–Trinajstić information content (AvgIpc) is 2.29. The molecule has 0 saturated heterocycles. The highest BCUT2D eigenvalue weighted by Gasteiger charge is 2.24. The van der Waals surface area contributed by atoms with Gasteiger partial charge in [0, 0.05) is 6.42 Å². The smallest absolute Gasteiger partial charge is 0.0568 e. The third kappa shape index (κ3) is 4.26. The molecule has 1 saturated carbocycles. The zero-order valence-corrected chi connectivity index (χ0v) is 9.91. The molecular weight excluding hydrogens is 184 g/mol. The number of unbranched alkanes of at least 4 members (excludes halogenated alkanes) is 1. The monoisotopic (exact) mass is 208 g/mol. The van der Waals surface area contributed by atoms with E-state index in [0.29, 0.717) is 5.92 Å². The van der Waals surface area contributed by atoms with Gasteiger partial charge in [0.1, 0.15) is 0 Å². The summed E-state index contributed by atoms with van der Waals surface area (Å²) < 4.78 is 0. The van der Waals surface area contributed by atoms with E-state index in [1.165, 1.54) is 32.1 Å². The first-order valence-corrected chi connectivity index (χ1v) is 6.39. The Kier molecular flexibility index (Phi) is 5.79. The maximum absolute atomic E-state index is 9.99. The van der Waals surface area contributed by atoms with Gasteiger partial charge in [-0.1, -0.05) is 26.2 Å². The topological polar surface area (TPSA) is 20.2 Å². The molecule has 0 aromatic heterocycles. The predicted octanol–water partition coefficient (Wildman–Crippen LogP) is 3.37. The highest BCUT2D eigenvalue weighted by atomic mass is 16.3. The van der Waals surface area contributed by atoms with Gasteiger partial charge < -0.3 is 5.11 Å². The number of aliphatic hydroxyl groups is 1. The van der Waals surface area contributed by atoms with Crippen LogP contribution in [-0.4, -0.2) is 11.2 Å². The lowest BCUT2D eigenvalue weighted by Gasteiger charge is -2.31. The Labute approximate surface area is 94.3 Å². The number of terminal acetylenes is 1. The van der Waals surface area contributed by atoms with Crippen LogP contribution in [0.5, 0.6) is 0 Å². The Balaban J connectivity index is 2.18. The van der Waals surface area contributed by atoms with E-state index in [9.17, 15) is 5.11 Å². The molecule has 0 amide bonds. The van der Waals surface area contributed by atoms with E-state index in [1.54, 1.807) is 0 Å². The van der Waals surface area contributed by atoms with Crippen molar-refractivity contribution in [3.05, 3.63) is 0 Å². The van der Waals surface area contributed by atoms with Gasteiger partial charge in [-0.15, -0.1) is 12.3 Å². The summed E-state index contributed by atoms with van der Waals surface area (Å²) in [4.78, 5) is 0. The van der Waals surface area contributed by atoms with Crippen molar-refractivity contribution in [2.45, 2.75) is 64.4 Å². The molecule has 1 atom stereocenters. The van der Waals surface area contributed by atoms with E-state index in [1.807, 2.05) is 0 Å². The molecule has 0 radical (unpaired) electrons. The number of aliphatic hydroxyl groups excluding tert-OH is 1. The maximum Gasteiger partial charge on any atom is 0.0568 e. The van der Waals surface area contributed by atoms with E-state index < -0.39 is 0 Å². The first kappa shape index (κ1) is 12.6. The molecule has 0 aliphatic heterocycles. The molecule has 0 spiro atoms. The van der Waals surface area contributed by atoms with Crippen molar-refractivity contribution in [1.29, 1.82) is 0 Å². The van der Waals surface area contributed by atoms with Crippen molar-refractivity contribution in [1.82, 2.24) is 0 Å². The number of rotatable bonds is 5. The minimum atomic E-state index is -0.101. The second kappa shape index (κ2) is 6.90. The van der Waals surface area contributed by atoms with Crippen molar-refractivity contribution in [3.63, 3.8) is 0 Å². The van der Waals surface area contributed by atoms with Crippen LogP contribution in [0.4, 0.5) is 0 Å². The third-order valence-electron chi connectivity index (χ3n) is 3.83. The molecule has 1 aliphatic rings. The Bertz CT molecular complexity index is 196. The van der Waals surface area contributed by atoms with E-state index >= 15 is 0 Å². The highest BCUT2D eigenvalue weighted by Crippen LogP contribution is 2.33. The lowest BCUT2D eigenvalue weighted by molar-refractivity contribution is 0.0651. The van der Waals surface area contributed by atoms with Crippen LogP contribution in [-0.2, 0) is 0 Å². The molecule has 1 heteroatoms. The Morgan fingerprint density at radius 1 is 1.33 bits per heavy atom. The molecule has 1 aliphatic carbocycles. The molecule has 0 bridgehead atoms. The van der Waals surface area contributed by atoms with Gasteiger partial charge in [0.15, 0.2) is 0 Å². The average molecular weight is 208 g/mol. The summed E-state index contributed by atoms with van der Waals surface area (Å²) in [6.45, 7) is 2.27. The van der Waals surface area contributed by atoms with Crippen molar-refractivity contribution < 1.29 is 5.11 Å². The van der Waals surface area contributed by atoms with Gasteiger partial charge in [0.25, 0.3) is 0 Å². The quantitative estimate of drug-likeness (QED) is 0.542. The van der Waals surface area contributed by atoms with E-state index in [0.717, 1.165) is 25.2 Å². The van der Waals surface area contributed by atoms with Crippen LogP contribution in [0.15, 0.2) is 0 Å². The van der Waals surface area contributed by atoms with Crippen molar-refractivity contribution in [3.8, 4) is 12.3 Å². The van der Waals surface area contributed by atoms with Gasteiger partial charge in [0.2, 0.25) is 0 Å². The standard InChI is InChI=1S/C14H24O/c1-3-5-6-7-14(15)13-10-8-12(4-2)9-11-13/h1,12-15H,4-11H2,2H3. The number of hydrogen-bond donors (Lipinski definition) is 1. The van der Waals surface area contributed by atoms with Gasteiger partial charge in [-0.3, -0.25) is 0 Å². The molecule has 1 N–H and O–H groups in total. The van der Waals surface area contributed by atoms with Gasteiger partial charge >= 0.3 is 0 Å².